The molecule has 0 radical (unpaired) electrons. The van der Waals surface area contributed by atoms with Gasteiger partial charge in [0, 0.05) is 6.04 Å². The summed E-state index contributed by atoms with van der Waals surface area (Å²) < 4.78 is 4.99. The number of ether oxygens (including phenoxy) is 1. The maximum absolute atomic E-state index is 11.8. The van der Waals surface area contributed by atoms with Crippen LogP contribution >= 0.6 is 11.6 Å². The van der Waals surface area contributed by atoms with Gasteiger partial charge in [-0.3, -0.25) is 4.79 Å². The molecule has 0 aliphatic rings. The van der Waals surface area contributed by atoms with Gasteiger partial charge in [0.15, 0.2) is 5.82 Å². The average Bonchev–Trinajstić information content (AvgIpc) is 2.73. The van der Waals surface area contributed by atoms with Crippen LogP contribution in [0.3, 0.4) is 0 Å². The van der Waals surface area contributed by atoms with Crippen LogP contribution in [0.4, 0.5) is 0 Å². The normalized spacial score (nSPS) is 10.9. The van der Waals surface area contributed by atoms with Gasteiger partial charge in [0.25, 0.3) is 5.91 Å². The van der Waals surface area contributed by atoms with E-state index in [1.54, 1.807) is 0 Å². The van der Waals surface area contributed by atoms with Crippen molar-refractivity contribution in [1.82, 2.24) is 20.3 Å². The number of amides is 1. The largest absolute Gasteiger partial charge is 0.480 e. The van der Waals surface area contributed by atoms with Crippen molar-refractivity contribution in [3.05, 3.63) is 17.0 Å². The standard InChI is InChI=1S/C11H13ClN4O2/c1-5(2)14-10(17)9-15-6-4-13-11(18-3)7(12)8(6)16-9/h4-5H,1-3H3,(H,14,17)(H,15,16). The maximum atomic E-state index is 11.8. The molecule has 0 aromatic carbocycles. The highest BCUT2D eigenvalue weighted by Gasteiger charge is 2.16. The smallest absolute Gasteiger partial charge is 0.287 e. The molecular formula is C11H13ClN4O2. The van der Waals surface area contributed by atoms with Gasteiger partial charge < -0.3 is 15.0 Å². The van der Waals surface area contributed by atoms with E-state index in [2.05, 4.69) is 20.3 Å². The number of methoxy groups -OCH3 is 1. The molecule has 0 atom stereocenters. The predicted molar refractivity (Wildman–Crippen MR) is 68.1 cm³/mol. The summed E-state index contributed by atoms with van der Waals surface area (Å²) in [7, 11) is 1.47. The van der Waals surface area contributed by atoms with E-state index in [4.69, 9.17) is 16.3 Å². The Morgan fingerprint density at radius 2 is 2.28 bits per heavy atom. The van der Waals surface area contributed by atoms with E-state index in [9.17, 15) is 4.79 Å². The Balaban J connectivity index is 2.44. The molecule has 2 aromatic rings. The van der Waals surface area contributed by atoms with E-state index in [1.807, 2.05) is 13.8 Å². The third-order valence-electron chi connectivity index (χ3n) is 2.27. The molecule has 18 heavy (non-hydrogen) atoms. The summed E-state index contributed by atoms with van der Waals surface area (Å²) in [6, 6.07) is 0.0360. The first kappa shape index (κ1) is 12.6. The Morgan fingerprint density at radius 3 is 2.89 bits per heavy atom. The van der Waals surface area contributed by atoms with Crippen molar-refractivity contribution in [2.75, 3.05) is 7.11 Å². The first-order valence-corrected chi connectivity index (χ1v) is 5.79. The molecule has 2 heterocycles. The number of aromatic nitrogens is 3. The van der Waals surface area contributed by atoms with E-state index < -0.39 is 0 Å². The van der Waals surface area contributed by atoms with Crippen molar-refractivity contribution in [2.45, 2.75) is 19.9 Å². The van der Waals surface area contributed by atoms with Gasteiger partial charge in [0.1, 0.15) is 10.5 Å². The molecule has 0 bridgehead atoms. The molecule has 96 valence electrons. The molecule has 2 rings (SSSR count). The van der Waals surface area contributed by atoms with Gasteiger partial charge in [0.05, 0.1) is 18.8 Å². The molecule has 0 saturated carbocycles. The van der Waals surface area contributed by atoms with Crippen LogP contribution in [0.25, 0.3) is 11.0 Å². The average molecular weight is 269 g/mol. The van der Waals surface area contributed by atoms with Gasteiger partial charge in [-0.2, -0.15) is 0 Å². The summed E-state index contributed by atoms with van der Waals surface area (Å²) in [4.78, 5) is 22.8. The number of nitrogens with one attached hydrogen (secondary N) is 2. The fraction of sp³-hybridized carbons (Fsp3) is 0.364. The first-order chi connectivity index (χ1) is 8.52. The number of carbonyl (C=O) groups is 1. The van der Waals surface area contributed by atoms with Crippen LogP contribution in [0, 0.1) is 0 Å². The van der Waals surface area contributed by atoms with Crippen molar-refractivity contribution in [2.24, 2.45) is 0 Å². The Bertz CT molecular complexity index is 594. The molecule has 7 heteroatoms. The van der Waals surface area contributed by atoms with Crippen molar-refractivity contribution < 1.29 is 9.53 Å². The number of hydrogen-bond acceptors (Lipinski definition) is 4. The van der Waals surface area contributed by atoms with E-state index in [1.165, 1.54) is 13.3 Å². The number of H-pyrrole nitrogens is 1. The first-order valence-electron chi connectivity index (χ1n) is 5.42. The summed E-state index contributed by atoms with van der Waals surface area (Å²) in [5, 5.41) is 3.03. The van der Waals surface area contributed by atoms with Crippen molar-refractivity contribution in [3.63, 3.8) is 0 Å². The van der Waals surface area contributed by atoms with Crippen LogP contribution < -0.4 is 10.1 Å². The number of carbonyl (C=O) groups excluding carboxylic acids is 1. The highest BCUT2D eigenvalue weighted by atomic mass is 35.5. The summed E-state index contributed by atoms with van der Waals surface area (Å²) in [5.41, 5.74) is 1.06. The number of pyridine rings is 1. The minimum atomic E-state index is -0.281. The summed E-state index contributed by atoms with van der Waals surface area (Å²) in [6.45, 7) is 3.75. The minimum absolute atomic E-state index is 0.0360. The second kappa shape index (κ2) is 4.81. The third kappa shape index (κ3) is 2.24. The van der Waals surface area contributed by atoms with E-state index in [0.717, 1.165) is 0 Å². The fourth-order valence-electron chi connectivity index (χ4n) is 1.51. The zero-order chi connectivity index (χ0) is 13.3. The summed E-state index contributed by atoms with van der Waals surface area (Å²) in [6.07, 6.45) is 1.53. The monoisotopic (exact) mass is 268 g/mol. The number of imidazole rings is 1. The number of rotatable bonds is 3. The highest BCUT2D eigenvalue weighted by molar-refractivity contribution is 6.36. The lowest BCUT2D eigenvalue weighted by Crippen LogP contribution is -2.30. The van der Waals surface area contributed by atoms with Crippen LogP contribution in [-0.4, -0.2) is 34.0 Å². The SMILES string of the molecule is COc1ncc2[nH]c(C(=O)NC(C)C)nc2c1Cl. The summed E-state index contributed by atoms with van der Waals surface area (Å²) in [5.74, 6) is 0.207. The Labute approximate surface area is 109 Å². The number of nitrogens with zero attached hydrogens (tertiary/aromatic N) is 2. The lowest BCUT2D eigenvalue weighted by Gasteiger charge is -2.04. The van der Waals surface area contributed by atoms with Crippen LogP contribution in [0.1, 0.15) is 24.5 Å². The molecule has 1 amide bonds. The molecule has 0 unspecified atom stereocenters. The van der Waals surface area contributed by atoms with Gasteiger partial charge in [-0.25, -0.2) is 9.97 Å². The molecule has 6 nitrogen and oxygen atoms in total. The van der Waals surface area contributed by atoms with Gasteiger partial charge in [-0.15, -0.1) is 0 Å². The molecule has 0 aliphatic carbocycles. The van der Waals surface area contributed by atoms with Gasteiger partial charge in [-0.1, -0.05) is 11.6 Å². The van der Waals surface area contributed by atoms with Gasteiger partial charge in [-0.05, 0) is 13.8 Å². The molecular weight excluding hydrogens is 256 g/mol. The van der Waals surface area contributed by atoms with Crippen LogP contribution in [-0.2, 0) is 0 Å². The van der Waals surface area contributed by atoms with Gasteiger partial charge in [0.2, 0.25) is 5.88 Å². The van der Waals surface area contributed by atoms with E-state index in [0.29, 0.717) is 11.0 Å². The van der Waals surface area contributed by atoms with Crippen molar-refractivity contribution in [3.8, 4) is 5.88 Å². The molecule has 2 N–H and O–H groups in total. The van der Waals surface area contributed by atoms with Crippen LogP contribution in [0.15, 0.2) is 6.20 Å². The van der Waals surface area contributed by atoms with Crippen molar-refractivity contribution in [1.29, 1.82) is 0 Å². The lowest BCUT2D eigenvalue weighted by molar-refractivity contribution is 0.0934. The van der Waals surface area contributed by atoms with Crippen LogP contribution in [0.2, 0.25) is 5.02 Å². The van der Waals surface area contributed by atoms with E-state index >= 15 is 0 Å². The molecule has 0 spiro atoms. The molecule has 0 fully saturated rings. The maximum Gasteiger partial charge on any atom is 0.287 e. The quantitative estimate of drug-likeness (QED) is 0.889. The highest BCUT2D eigenvalue weighted by Crippen LogP contribution is 2.28. The zero-order valence-electron chi connectivity index (χ0n) is 10.2. The second-order valence-electron chi connectivity index (χ2n) is 4.06. The van der Waals surface area contributed by atoms with Crippen LogP contribution in [0.5, 0.6) is 5.88 Å². The number of fused-ring (bicyclic) bond motifs is 1. The third-order valence-corrected chi connectivity index (χ3v) is 2.61. The lowest BCUT2D eigenvalue weighted by atomic mass is 10.4. The Kier molecular flexibility index (Phi) is 3.38. The number of hydrogen-bond donors (Lipinski definition) is 2. The number of halogens is 1. The molecule has 0 aliphatic heterocycles. The summed E-state index contributed by atoms with van der Waals surface area (Å²) >= 11 is 6.06. The predicted octanol–water partition coefficient (Wildman–Crippen LogP) is 1.76. The fourth-order valence-corrected chi connectivity index (χ4v) is 1.78. The van der Waals surface area contributed by atoms with Crippen molar-refractivity contribution >= 4 is 28.5 Å². The number of aromatic amines is 1. The van der Waals surface area contributed by atoms with E-state index in [-0.39, 0.29) is 28.7 Å². The molecule has 2 aromatic heterocycles. The molecule has 0 saturated heterocycles. The van der Waals surface area contributed by atoms with Gasteiger partial charge >= 0.3 is 0 Å². The minimum Gasteiger partial charge on any atom is -0.480 e. The topological polar surface area (TPSA) is 79.9 Å². The Morgan fingerprint density at radius 1 is 1.56 bits per heavy atom. The zero-order valence-corrected chi connectivity index (χ0v) is 11.0. The second-order valence-corrected chi connectivity index (χ2v) is 4.44. The Hall–Kier alpha value is -1.82.